The Hall–Kier alpha value is -1.68. The Kier molecular flexibility index (Phi) is 3.09. The van der Waals surface area contributed by atoms with E-state index in [4.69, 9.17) is 11.6 Å². The molecule has 0 saturated carbocycles. The number of nitrogens with one attached hydrogen (secondary N) is 1. The van der Waals surface area contributed by atoms with Crippen molar-refractivity contribution in [3.8, 4) is 0 Å². The summed E-state index contributed by atoms with van der Waals surface area (Å²) >= 11 is 5.75. The second-order valence-electron chi connectivity index (χ2n) is 2.94. The van der Waals surface area contributed by atoms with Gasteiger partial charge in [0.15, 0.2) is 0 Å². The molecule has 0 aromatic carbocycles. The third-order valence-corrected chi connectivity index (χ3v) is 2.03. The van der Waals surface area contributed by atoms with Gasteiger partial charge < -0.3 is 5.32 Å². The van der Waals surface area contributed by atoms with E-state index in [-0.39, 0.29) is 0 Å². The van der Waals surface area contributed by atoms with Gasteiger partial charge in [0.2, 0.25) is 0 Å². The van der Waals surface area contributed by atoms with Gasteiger partial charge in [-0.2, -0.15) is 10.2 Å². The second-order valence-corrected chi connectivity index (χ2v) is 3.32. The molecular weight excluding hydrogens is 212 g/mol. The highest BCUT2D eigenvalue weighted by Gasteiger charge is 1.96. The number of rotatable bonds is 3. The maximum absolute atomic E-state index is 5.75. The quantitative estimate of drug-likeness (QED) is 0.806. The fourth-order valence-corrected chi connectivity index (χ4v) is 1.31. The second kappa shape index (κ2) is 4.70. The van der Waals surface area contributed by atoms with Crippen LogP contribution in [0.25, 0.3) is 0 Å². The molecule has 0 spiro atoms. The molecule has 2 heterocycles. The fraction of sp³-hybridized carbons (Fsp3) is 0.100. The Morgan fingerprint density at radius 1 is 1.27 bits per heavy atom. The average molecular weight is 221 g/mol. The lowest BCUT2D eigenvalue weighted by Gasteiger charge is -2.04. The van der Waals surface area contributed by atoms with Gasteiger partial charge >= 0.3 is 0 Å². The lowest BCUT2D eigenvalue weighted by atomic mass is 10.3. The van der Waals surface area contributed by atoms with E-state index < -0.39 is 0 Å². The van der Waals surface area contributed by atoms with Gasteiger partial charge in [-0.25, -0.2) is 4.98 Å². The largest absolute Gasteiger partial charge is 0.379 e. The molecule has 0 unspecified atom stereocenters. The smallest absolute Gasteiger partial charge is 0.131 e. The molecule has 2 aromatic heterocycles. The first kappa shape index (κ1) is 9.86. The van der Waals surface area contributed by atoms with E-state index in [1.165, 1.54) is 0 Å². The number of nitrogens with zero attached hydrogens (tertiary/aromatic N) is 3. The summed E-state index contributed by atoms with van der Waals surface area (Å²) in [5.74, 6) is 0. The molecule has 15 heavy (non-hydrogen) atoms. The summed E-state index contributed by atoms with van der Waals surface area (Å²) in [6, 6.07) is 7.37. The average Bonchev–Trinajstić information content (AvgIpc) is 2.28. The van der Waals surface area contributed by atoms with Gasteiger partial charge in [0.05, 0.1) is 12.2 Å². The van der Waals surface area contributed by atoms with E-state index in [0.717, 1.165) is 11.4 Å². The Bertz CT molecular complexity index is 432. The molecule has 2 aromatic rings. The van der Waals surface area contributed by atoms with Crippen molar-refractivity contribution in [2.45, 2.75) is 6.54 Å². The summed E-state index contributed by atoms with van der Waals surface area (Å²) in [6.07, 6.45) is 3.30. The Morgan fingerprint density at radius 3 is 2.93 bits per heavy atom. The summed E-state index contributed by atoms with van der Waals surface area (Å²) in [6.45, 7) is 0.619. The molecule has 0 aliphatic rings. The first-order chi connectivity index (χ1) is 7.34. The number of aromatic nitrogens is 3. The first-order valence-corrected chi connectivity index (χ1v) is 4.84. The van der Waals surface area contributed by atoms with Crippen molar-refractivity contribution in [1.29, 1.82) is 0 Å². The molecule has 76 valence electrons. The highest BCUT2D eigenvalue weighted by Crippen LogP contribution is 2.12. The van der Waals surface area contributed by atoms with Crippen molar-refractivity contribution >= 4 is 17.3 Å². The Morgan fingerprint density at radius 2 is 2.20 bits per heavy atom. The van der Waals surface area contributed by atoms with Crippen LogP contribution in [0.5, 0.6) is 0 Å². The zero-order valence-electron chi connectivity index (χ0n) is 7.89. The maximum Gasteiger partial charge on any atom is 0.131 e. The van der Waals surface area contributed by atoms with Crippen molar-refractivity contribution in [2.24, 2.45) is 0 Å². The topological polar surface area (TPSA) is 50.7 Å². The van der Waals surface area contributed by atoms with Crippen LogP contribution in [0.15, 0.2) is 36.7 Å². The molecule has 2 rings (SSSR count). The van der Waals surface area contributed by atoms with E-state index in [1.807, 2.05) is 18.2 Å². The molecule has 0 radical (unpaired) electrons. The normalized spacial score (nSPS) is 9.93. The third kappa shape index (κ3) is 2.89. The number of hydrogen-bond acceptors (Lipinski definition) is 4. The number of anilines is 1. The van der Waals surface area contributed by atoms with Crippen LogP contribution in [0.2, 0.25) is 5.15 Å². The molecule has 0 saturated heterocycles. The van der Waals surface area contributed by atoms with Crippen molar-refractivity contribution < 1.29 is 0 Å². The van der Waals surface area contributed by atoms with Gasteiger partial charge in [-0.05, 0) is 24.3 Å². The first-order valence-electron chi connectivity index (χ1n) is 4.46. The minimum absolute atomic E-state index is 0.471. The Labute approximate surface area is 92.3 Å². The van der Waals surface area contributed by atoms with Crippen LogP contribution in [0, 0.1) is 0 Å². The molecule has 0 amide bonds. The SMILES string of the molecule is Clc1cc(NCc2cccnn2)ccn1. The van der Waals surface area contributed by atoms with E-state index >= 15 is 0 Å². The van der Waals surface area contributed by atoms with E-state index in [9.17, 15) is 0 Å². The predicted molar refractivity (Wildman–Crippen MR) is 58.6 cm³/mol. The predicted octanol–water partition coefficient (Wildman–Crippen LogP) is 2.14. The monoisotopic (exact) mass is 220 g/mol. The minimum atomic E-state index is 0.471. The van der Waals surface area contributed by atoms with Crippen LogP contribution >= 0.6 is 11.6 Å². The zero-order chi connectivity index (χ0) is 10.5. The van der Waals surface area contributed by atoms with E-state index in [0.29, 0.717) is 11.7 Å². The molecular formula is C10H9ClN4. The summed E-state index contributed by atoms with van der Waals surface area (Å²) in [5, 5.41) is 11.4. The van der Waals surface area contributed by atoms with Gasteiger partial charge in [0.1, 0.15) is 5.15 Å². The Balaban J connectivity index is 1.99. The van der Waals surface area contributed by atoms with Crippen LogP contribution in [-0.2, 0) is 6.54 Å². The highest BCUT2D eigenvalue weighted by molar-refractivity contribution is 6.29. The van der Waals surface area contributed by atoms with Gasteiger partial charge in [-0.1, -0.05) is 11.6 Å². The van der Waals surface area contributed by atoms with Gasteiger partial charge in [0.25, 0.3) is 0 Å². The van der Waals surface area contributed by atoms with Crippen LogP contribution in [-0.4, -0.2) is 15.2 Å². The summed E-state index contributed by atoms with van der Waals surface area (Å²) in [7, 11) is 0. The van der Waals surface area contributed by atoms with E-state index in [2.05, 4.69) is 20.5 Å². The van der Waals surface area contributed by atoms with Gasteiger partial charge in [-0.15, -0.1) is 0 Å². The molecule has 0 atom stereocenters. The summed E-state index contributed by atoms with van der Waals surface area (Å²) in [4.78, 5) is 3.89. The minimum Gasteiger partial charge on any atom is -0.379 e. The standard InChI is InChI=1S/C10H9ClN4/c11-10-6-8(3-5-12-10)13-7-9-2-1-4-14-15-9/h1-6H,7H2,(H,12,13). The van der Waals surface area contributed by atoms with Crippen LogP contribution in [0.3, 0.4) is 0 Å². The third-order valence-electron chi connectivity index (χ3n) is 1.83. The molecule has 5 heteroatoms. The zero-order valence-corrected chi connectivity index (χ0v) is 8.65. The van der Waals surface area contributed by atoms with Crippen LogP contribution < -0.4 is 5.32 Å². The van der Waals surface area contributed by atoms with Crippen molar-refractivity contribution in [2.75, 3.05) is 5.32 Å². The molecule has 0 fully saturated rings. The fourth-order valence-electron chi connectivity index (χ4n) is 1.13. The van der Waals surface area contributed by atoms with Crippen molar-refractivity contribution in [1.82, 2.24) is 15.2 Å². The molecule has 0 bridgehead atoms. The lowest BCUT2D eigenvalue weighted by molar-refractivity contribution is 0.924. The summed E-state index contributed by atoms with van der Waals surface area (Å²) in [5.41, 5.74) is 1.80. The lowest BCUT2D eigenvalue weighted by Crippen LogP contribution is -2.02. The van der Waals surface area contributed by atoms with Gasteiger partial charge in [-0.3, -0.25) is 0 Å². The summed E-state index contributed by atoms with van der Waals surface area (Å²) < 4.78 is 0. The molecule has 0 aliphatic heterocycles. The van der Waals surface area contributed by atoms with Crippen LogP contribution in [0.1, 0.15) is 5.69 Å². The number of hydrogen-bond donors (Lipinski definition) is 1. The maximum atomic E-state index is 5.75. The van der Waals surface area contributed by atoms with E-state index in [1.54, 1.807) is 18.5 Å². The molecule has 4 nitrogen and oxygen atoms in total. The van der Waals surface area contributed by atoms with Crippen LogP contribution in [0.4, 0.5) is 5.69 Å². The number of halogens is 1. The van der Waals surface area contributed by atoms with Crippen molar-refractivity contribution in [3.05, 3.63) is 47.5 Å². The molecule has 1 N–H and O–H groups in total. The molecule has 0 aliphatic carbocycles. The van der Waals surface area contributed by atoms with Crippen molar-refractivity contribution in [3.63, 3.8) is 0 Å². The van der Waals surface area contributed by atoms with Gasteiger partial charge in [0, 0.05) is 18.1 Å². The highest BCUT2D eigenvalue weighted by atomic mass is 35.5. The number of pyridine rings is 1.